The number of hydrogen-bond donors (Lipinski definition) is 0. The molecular weight excluding hydrogens is 260 g/mol. The Labute approximate surface area is 118 Å². The van der Waals surface area contributed by atoms with Crippen molar-refractivity contribution in [3.63, 3.8) is 0 Å². The van der Waals surface area contributed by atoms with Crippen LogP contribution in [0.5, 0.6) is 0 Å². The van der Waals surface area contributed by atoms with Crippen molar-refractivity contribution >= 4 is 0 Å². The molecule has 0 aliphatic carbocycles. The molecule has 0 radical (unpaired) electrons. The van der Waals surface area contributed by atoms with Gasteiger partial charge in [0.1, 0.15) is 0 Å². The minimum atomic E-state index is 0.678. The molecular formula is C12H20N6O2. The van der Waals surface area contributed by atoms with Gasteiger partial charge in [0.2, 0.25) is 0 Å². The lowest BCUT2D eigenvalue weighted by molar-refractivity contribution is 0.0313. The predicted octanol–water partition coefficient (Wildman–Crippen LogP) is -1.07. The normalized spacial score (nSPS) is 22.0. The molecule has 2 aliphatic heterocycles. The molecule has 1 aromatic rings. The highest BCUT2D eigenvalue weighted by Gasteiger charge is 2.15. The van der Waals surface area contributed by atoms with Crippen LogP contribution < -0.4 is 0 Å². The second-order valence-electron chi connectivity index (χ2n) is 5.01. The topological polar surface area (TPSA) is 76.5 Å². The Morgan fingerprint density at radius 1 is 0.650 bits per heavy atom. The van der Waals surface area contributed by atoms with Crippen LogP contribution in [0.3, 0.4) is 0 Å². The van der Waals surface area contributed by atoms with E-state index in [4.69, 9.17) is 9.47 Å². The van der Waals surface area contributed by atoms with Crippen LogP contribution in [-0.4, -0.2) is 82.8 Å². The van der Waals surface area contributed by atoms with E-state index in [-0.39, 0.29) is 0 Å². The Kier molecular flexibility index (Phi) is 4.80. The summed E-state index contributed by atoms with van der Waals surface area (Å²) in [6, 6.07) is 0. The fourth-order valence-corrected chi connectivity index (χ4v) is 2.32. The van der Waals surface area contributed by atoms with Crippen molar-refractivity contribution in [1.82, 2.24) is 30.2 Å². The zero-order valence-corrected chi connectivity index (χ0v) is 11.6. The predicted molar refractivity (Wildman–Crippen MR) is 69.8 cm³/mol. The van der Waals surface area contributed by atoms with Crippen molar-refractivity contribution in [2.24, 2.45) is 0 Å². The molecule has 3 heterocycles. The van der Waals surface area contributed by atoms with E-state index in [0.717, 1.165) is 52.6 Å². The Balaban J connectivity index is 1.51. The third-order valence-electron chi connectivity index (χ3n) is 3.50. The summed E-state index contributed by atoms with van der Waals surface area (Å²) in [5.74, 6) is 1.36. The highest BCUT2D eigenvalue weighted by molar-refractivity contribution is 4.84. The van der Waals surface area contributed by atoms with E-state index in [1.807, 2.05) is 0 Å². The molecule has 2 saturated heterocycles. The van der Waals surface area contributed by atoms with Gasteiger partial charge in [-0.25, -0.2) is 0 Å². The maximum Gasteiger partial charge on any atom is 0.187 e. The van der Waals surface area contributed by atoms with Crippen molar-refractivity contribution < 1.29 is 9.47 Å². The lowest BCUT2D eigenvalue weighted by Crippen LogP contribution is -2.37. The quantitative estimate of drug-likeness (QED) is 0.690. The number of nitrogens with zero attached hydrogens (tertiary/aromatic N) is 6. The van der Waals surface area contributed by atoms with Crippen LogP contribution in [0.4, 0.5) is 0 Å². The number of aromatic nitrogens is 4. The van der Waals surface area contributed by atoms with Gasteiger partial charge in [-0.3, -0.25) is 9.80 Å². The molecule has 0 atom stereocenters. The molecule has 2 aliphatic rings. The zero-order chi connectivity index (χ0) is 13.6. The fraction of sp³-hybridized carbons (Fsp3) is 0.833. The number of ether oxygens (including phenoxy) is 2. The van der Waals surface area contributed by atoms with E-state index in [1.54, 1.807) is 0 Å². The zero-order valence-electron chi connectivity index (χ0n) is 11.6. The molecule has 8 nitrogen and oxygen atoms in total. The number of rotatable bonds is 4. The molecule has 20 heavy (non-hydrogen) atoms. The summed E-state index contributed by atoms with van der Waals surface area (Å²) in [7, 11) is 0. The minimum absolute atomic E-state index is 0.678. The van der Waals surface area contributed by atoms with Gasteiger partial charge in [0.05, 0.1) is 39.5 Å². The maximum atomic E-state index is 5.31. The van der Waals surface area contributed by atoms with Crippen molar-refractivity contribution in [3.05, 3.63) is 11.6 Å². The summed E-state index contributed by atoms with van der Waals surface area (Å²) in [5.41, 5.74) is 0. The first-order valence-electron chi connectivity index (χ1n) is 7.05. The van der Waals surface area contributed by atoms with Crippen LogP contribution in [0.15, 0.2) is 0 Å². The third kappa shape index (κ3) is 3.89. The van der Waals surface area contributed by atoms with Crippen LogP contribution in [0.1, 0.15) is 11.6 Å². The summed E-state index contributed by atoms with van der Waals surface area (Å²) in [6.07, 6.45) is 0. The fourth-order valence-electron chi connectivity index (χ4n) is 2.32. The molecule has 0 spiro atoms. The number of hydrogen-bond acceptors (Lipinski definition) is 8. The second kappa shape index (κ2) is 6.98. The van der Waals surface area contributed by atoms with Crippen LogP contribution in [0.25, 0.3) is 0 Å². The van der Waals surface area contributed by atoms with Gasteiger partial charge in [0, 0.05) is 26.2 Å². The average molecular weight is 280 g/mol. The number of morpholine rings is 2. The van der Waals surface area contributed by atoms with Gasteiger partial charge in [-0.15, -0.1) is 20.4 Å². The molecule has 2 fully saturated rings. The van der Waals surface area contributed by atoms with Gasteiger partial charge in [-0.2, -0.15) is 0 Å². The summed E-state index contributed by atoms with van der Waals surface area (Å²) in [4.78, 5) is 4.51. The van der Waals surface area contributed by atoms with Gasteiger partial charge < -0.3 is 9.47 Å². The van der Waals surface area contributed by atoms with E-state index in [2.05, 4.69) is 30.2 Å². The Hall–Kier alpha value is -1.22. The Morgan fingerprint density at radius 2 is 1.00 bits per heavy atom. The standard InChI is InChI=1S/C12H20N6O2/c1-5-19-6-2-17(1)9-11-13-15-12(16-14-11)10-18-3-7-20-8-4-18/h1-10H2. The van der Waals surface area contributed by atoms with E-state index >= 15 is 0 Å². The Bertz CT molecular complexity index is 364. The first-order valence-corrected chi connectivity index (χ1v) is 7.05. The van der Waals surface area contributed by atoms with Crippen molar-refractivity contribution in [2.45, 2.75) is 13.1 Å². The molecule has 8 heteroatoms. The Morgan fingerprint density at radius 3 is 1.35 bits per heavy atom. The van der Waals surface area contributed by atoms with E-state index < -0.39 is 0 Å². The van der Waals surface area contributed by atoms with Gasteiger partial charge in [-0.05, 0) is 0 Å². The first-order chi connectivity index (χ1) is 9.90. The van der Waals surface area contributed by atoms with Crippen LogP contribution in [-0.2, 0) is 22.6 Å². The maximum absolute atomic E-state index is 5.31. The van der Waals surface area contributed by atoms with E-state index in [0.29, 0.717) is 24.7 Å². The first kappa shape index (κ1) is 13.7. The molecule has 0 aromatic carbocycles. The van der Waals surface area contributed by atoms with Gasteiger partial charge in [0.25, 0.3) is 0 Å². The molecule has 0 amide bonds. The van der Waals surface area contributed by atoms with Crippen LogP contribution in [0.2, 0.25) is 0 Å². The summed E-state index contributed by atoms with van der Waals surface area (Å²) >= 11 is 0. The summed E-state index contributed by atoms with van der Waals surface area (Å²) < 4.78 is 10.6. The van der Waals surface area contributed by atoms with E-state index in [9.17, 15) is 0 Å². The second-order valence-corrected chi connectivity index (χ2v) is 5.01. The third-order valence-corrected chi connectivity index (χ3v) is 3.50. The van der Waals surface area contributed by atoms with Crippen molar-refractivity contribution in [2.75, 3.05) is 52.6 Å². The highest BCUT2D eigenvalue weighted by Crippen LogP contribution is 2.03. The van der Waals surface area contributed by atoms with Gasteiger partial charge in [0.15, 0.2) is 11.6 Å². The summed E-state index contributed by atoms with van der Waals surface area (Å²) in [5, 5.41) is 16.7. The lowest BCUT2D eigenvalue weighted by Gasteiger charge is -2.26. The molecule has 3 rings (SSSR count). The largest absolute Gasteiger partial charge is 0.379 e. The molecule has 0 unspecified atom stereocenters. The van der Waals surface area contributed by atoms with Crippen molar-refractivity contribution in [3.8, 4) is 0 Å². The molecule has 0 bridgehead atoms. The minimum Gasteiger partial charge on any atom is -0.379 e. The monoisotopic (exact) mass is 280 g/mol. The van der Waals surface area contributed by atoms with Crippen molar-refractivity contribution in [1.29, 1.82) is 0 Å². The molecule has 0 N–H and O–H groups in total. The lowest BCUT2D eigenvalue weighted by atomic mass is 10.4. The molecule has 110 valence electrons. The smallest absolute Gasteiger partial charge is 0.187 e. The van der Waals surface area contributed by atoms with Gasteiger partial charge in [-0.1, -0.05) is 0 Å². The van der Waals surface area contributed by atoms with Gasteiger partial charge >= 0.3 is 0 Å². The summed E-state index contributed by atoms with van der Waals surface area (Å²) in [6.45, 7) is 8.15. The van der Waals surface area contributed by atoms with E-state index in [1.165, 1.54) is 0 Å². The molecule has 0 saturated carbocycles. The highest BCUT2D eigenvalue weighted by atomic mass is 16.5. The van der Waals surface area contributed by atoms with Crippen LogP contribution in [0, 0.1) is 0 Å². The van der Waals surface area contributed by atoms with Crippen LogP contribution >= 0.6 is 0 Å². The average Bonchev–Trinajstić information content (AvgIpc) is 2.51. The molecule has 1 aromatic heterocycles. The SMILES string of the molecule is C1CN(Cc2nnc(CN3CCOCC3)nn2)CCO1.